The maximum atomic E-state index is 11.3. The number of carbonyl (C=O) groups excluding carboxylic acids is 1. The Morgan fingerprint density at radius 3 is 2.86 bits per heavy atom. The van der Waals surface area contributed by atoms with E-state index in [1.54, 1.807) is 6.92 Å². The van der Waals surface area contributed by atoms with E-state index >= 15 is 0 Å². The monoisotopic (exact) mass is 197 g/mol. The van der Waals surface area contributed by atoms with E-state index in [0.717, 1.165) is 0 Å². The van der Waals surface area contributed by atoms with Gasteiger partial charge in [-0.05, 0) is 13.0 Å². The highest BCUT2D eigenvalue weighted by Crippen LogP contribution is 2.13. The molecule has 0 atom stereocenters. The first-order chi connectivity index (χ1) is 6.70. The van der Waals surface area contributed by atoms with Crippen molar-refractivity contribution in [1.82, 2.24) is 4.98 Å². The average Bonchev–Trinajstić information content (AvgIpc) is 2.18. The molecule has 0 aliphatic heterocycles. The first kappa shape index (κ1) is 10.3. The van der Waals surface area contributed by atoms with Gasteiger partial charge in [-0.2, -0.15) is 0 Å². The first-order valence-corrected chi connectivity index (χ1v) is 4.13. The highest BCUT2D eigenvalue weighted by molar-refractivity contribution is 5.91. The number of H-pyrrole nitrogens is 1. The molecule has 1 heterocycles. The van der Waals surface area contributed by atoms with Crippen LogP contribution in [0.3, 0.4) is 0 Å². The molecule has 76 valence electrons. The van der Waals surface area contributed by atoms with Gasteiger partial charge in [-0.25, -0.2) is 4.79 Å². The van der Waals surface area contributed by atoms with Gasteiger partial charge >= 0.3 is 5.97 Å². The summed E-state index contributed by atoms with van der Waals surface area (Å²) in [7, 11) is 1.21. The van der Waals surface area contributed by atoms with Gasteiger partial charge in [0.15, 0.2) is 5.56 Å². The maximum Gasteiger partial charge on any atom is 0.347 e. The van der Waals surface area contributed by atoms with Crippen LogP contribution in [0, 0.1) is 0 Å². The minimum absolute atomic E-state index is 0.100. The van der Waals surface area contributed by atoms with E-state index in [-0.39, 0.29) is 11.3 Å². The zero-order valence-corrected chi connectivity index (χ0v) is 7.99. The molecular formula is C9H11NO4. The molecule has 5 heteroatoms. The zero-order valence-electron chi connectivity index (χ0n) is 7.99. The molecule has 1 N–H and O–H groups in total. The van der Waals surface area contributed by atoms with Crippen molar-refractivity contribution in [1.29, 1.82) is 0 Å². The molecule has 0 saturated heterocycles. The quantitative estimate of drug-likeness (QED) is 0.719. The van der Waals surface area contributed by atoms with Gasteiger partial charge in [0.2, 0.25) is 0 Å². The predicted molar refractivity (Wildman–Crippen MR) is 49.6 cm³/mol. The summed E-state index contributed by atoms with van der Waals surface area (Å²) in [5.41, 5.74) is -0.611. The Morgan fingerprint density at radius 2 is 2.29 bits per heavy atom. The van der Waals surface area contributed by atoms with Crippen molar-refractivity contribution in [2.45, 2.75) is 6.92 Å². The van der Waals surface area contributed by atoms with E-state index in [1.807, 2.05) is 0 Å². The molecule has 0 fully saturated rings. The van der Waals surface area contributed by atoms with Crippen LogP contribution in [0.25, 0.3) is 0 Å². The van der Waals surface area contributed by atoms with Crippen LogP contribution >= 0.6 is 0 Å². The number of pyridine rings is 1. The smallest absolute Gasteiger partial charge is 0.347 e. The summed E-state index contributed by atoms with van der Waals surface area (Å²) in [6, 6.07) is 1.51. The third-order valence-electron chi connectivity index (χ3n) is 1.61. The lowest BCUT2D eigenvalue weighted by molar-refractivity contribution is 0.0594. The molecule has 1 rings (SSSR count). The zero-order chi connectivity index (χ0) is 10.6. The second-order valence-electron chi connectivity index (χ2n) is 2.47. The van der Waals surface area contributed by atoms with Crippen LogP contribution in [0.15, 0.2) is 17.1 Å². The van der Waals surface area contributed by atoms with E-state index in [1.165, 1.54) is 19.4 Å². The molecule has 0 saturated carbocycles. The van der Waals surface area contributed by atoms with Crippen LogP contribution in [0.2, 0.25) is 0 Å². The number of nitrogens with one attached hydrogen (secondary N) is 1. The number of carbonyl (C=O) groups is 1. The second kappa shape index (κ2) is 4.45. The molecule has 0 aromatic carbocycles. The summed E-state index contributed by atoms with van der Waals surface area (Å²) in [5, 5.41) is 0. The fourth-order valence-electron chi connectivity index (χ4n) is 1.03. The predicted octanol–water partition coefficient (Wildman–Crippen LogP) is 0.560. The molecule has 0 aliphatic rings. The molecule has 0 spiro atoms. The Balaban J connectivity index is 3.22. The van der Waals surface area contributed by atoms with Gasteiger partial charge in [0.05, 0.1) is 13.7 Å². The molecule has 5 nitrogen and oxygen atoms in total. The highest BCUT2D eigenvalue weighted by atomic mass is 16.5. The Hall–Kier alpha value is -1.78. The van der Waals surface area contributed by atoms with Crippen LogP contribution < -0.4 is 10.3 Å². The number of hydrogen-bond acceptors (Lipinski definition) is 4. The van der Waals surface area contributed by atoms with Gasteiger partial charge in [0.1, 0.15) is 5.75 Å². The molecule has 0 unspecified atom stereocenters. The van der Waals surface area contributed by atoms with Crippen molar-refractivity contribution < 1.29 is 14.3 Å². The third kappa shape index (κ3) is 1.93. The highest BCUT2D eigenvalue weighted by Gasteiger charge is 2.16. The van der Waals surface area contributed by atoms with Gasteiger partial charge < -0.3 is 14.5 Å². The van der Waals surface area contributed by atoms with E-state index in [0.29, 0.717) is 6.61 Å². The molecule has 1 aromatic rings. The number of aromatic nitrogens is 1. The topological polar surface area (TPSA) is 68.4 Å². The number of rotatable bonds is 3. The lowest BCUT2D eigenvalue weighted by atomic mass is 10.2. The third-order valence-corrected chi connectivity index (χ3v) is 1.61. The fraction of sp³-hybridized carbons (Fsp3) is 0.333. The Morgan fingerprint density at radius 1 is 1.57 bits per heavy atom. The van der Waals surface area contributed by atoms with Crippen LogP contribution in [0.5, 0.6) is 5.75 Å². The van der Waals surface area contributed by atoms with Crippen molar-refractivity contribution in [3.63, 3.8) is 0 Å². The number of methoxy groups -OCH3 is 1. The summed E-state index contributed by atoms with van der Waals surface area (Å²) in [6.45, 7) is 2.15. The fourth-order valence-corrected chi connectivity index (χ4v) is 1.03. The SMILES string of the molecule is CCOc1cc[nH]c(=O)c1C(=O)OC. The van der Waals surface area contributed by atoms with Gasteiger partial charge in [-0.15, -0.1) is 0 Å². The normalized spacial score (nSPS) is 9.57. The largest absolute Gasteiger partial charge is 0.493 e. The van der Waals surface area contributed by atoms with Crippen molar-refractivity contribution in [3.05, 3.63) is 28.2 Å². The summed E-state index contributed by atoms with van der Waals surface area (Å²) in [5.74, 6) is -0.460. The molecular weight excluding hydrogens is 186 g/mol. The maximum absolute atomic E-state index is 11.3. The van der Waals surface area contributed by atoms with Crippen molar-refractivity contribution in [3.8, 4) is 5.75 Å². The van der Waals surface area contributed by atoms with Crippen LogP contribution in [0.1, 0.15) is 17.3 Å². The molecule has 0 radical (unpaired) electrons. The number of ether oxygens (including phenoxy) is 2. The molecule has 0 amide bonds. The summed E-state index contributed by atoms with van der Waals surface area (Å²) in [6.07, 6.45) is 1.42. The Bertz CT molecular complexity index is 383. The van der Waals surface area contributed by atoms with Gasteiger partial charge in [-0.1, -0.05) is 0 Å². The summed E-state index contributed by atoms with van der Waals surface area (Å²) < 4.78 is 9.59. The molecule has 0 aliphatic carbocycles. The number of hydrogen-bond donors (Lipinski definition) is 1. The molecule has 1 aromatic heterocycles. The summed E-state index contributed by atoms with van der Waals surface area (Å²) in [4.78, 5) is 24.9. The molecule has 0 bridgehead atoms. The van der Waals surface area contributed by atoms with Crippen molar-refractivity contribution in [2.75, 3.05) is 13.7 Å². The van der Waals surface area contributed by atoms with E-state index < -0.39 is 11.5 Å². The van der Waals surface area contributed by atoms with Gasteiger partial charge in [0, 0.05) is 6.20 Å². The van der Waals surface area contributed by atoms with E-state index in [2.05, 4.69) is 9.72 Å². The van der Waals surface area contributed by atoms with Crippen molar-refractivity contribution in [2.24, 2.45) is 0 Å². The standard InChI is InChI=1S/C9H11NO4/c1-3-14-6-4-5-10-8(11)7(6)9(12)13-2/h4-5H,3H2,1-2H3,(H,10,11). The lowest BCUT2D eigenvalue weighted by Gasteiger charge is -2.06. The first-order valence-electron chi connectivity index (χ1n) is 4.13. The Labute approximate surface area is 80.7 Å². The second-order valence-corrected chi connectivity index (χ2v) is 2.47. The minimum atomic E-state index is -0.699. The molecule has 14 heavy (non-hydrogen) atoms. The van der Waals surface area contributed by atoms with Crippen LogP contribution in [-0.2, 0) is 4.74 Å². The van der Waals surface area contributed by atoms with Crippen LogP contribution in [0.4, 0.5) is 0 Å². The Kier molecular flexibility index (Phi) is 3.28. The summed E-state index contributed by atoms with van der Waals surface area (Å²) >= 11 is 0. The van der Waals surface area contributed by atoms with Gasteiger partial charge in [0.25, 0.3) is 5.56 Å². The minimum Gasteiger partial charge on any atom is -0.493 e. The number of esters is 1. The van der Waals surface area contributed by atoms with Crippen LogP contribution in [-0.4, -0.2) is 24.7 Å². The number of aromatic amines is 1. The van der Waals surface area contributed by atoms with Gasteiger partial charge in [-0.3, -0.25) is 4.79 Å². The van der Waals surface area contributed by atoms with E-state index in [9.17, 15) is 9.59 Å². The lowest BCUT2D eigenvalue weighted by Crippen LogP contribution is -2.20. The van der Waals surface area contributed by atoms with Crippen molar-refractivity contribution >= 4 is 5.97 Å². The van der Waals surface area contributed by atoms with E-state index in [4.69, 9.17) is 4.74 Å². The average molecular weight is 197 g/mol.